The molecule has 0 atom stereocenters. The molecule has 0 radical (unpaired) electrons. The fraction of sp³-hybridized carbons (Fsp3) is 0.316. The Hall–Kier alpha value is -2.80. The second kappa shape index (κ2) is 7.61. The fourth-order valence-electron chi connectivity index (χ4n) is 2.24. The van der Waals surface area contributed by atoms with Crippen molar-refractivity contribution in [1.82, 2.24) is 15.1 Å². The molecule has 0 aliphatic carbocycles. The first-order valence-electron chi connectivity index (χ1n) is 8.33. The molecule has 6 nitrogen and oxygen atoms in total. The summed E-state index contributed by atoms with van der Waals surface area (Å²) in [5.74, 6) is 1.35. The van der Waals surface area contributed by atoms with Gasteiger partial charge in [-0.3, -0.25) is 0 Å². The minimum Gasteiger partial charge on any atom is -0.396 e. The first-order valence-corrected chi connectivity index (χ1v) is 8.33. The summed E-state index contributed by atoms with van der Waals surface area (Å²) in [6, 6.07) is 9.87. The summed E-state index contributed by atoms with van der Waals surface area (Å²) < 4.78 is 18.2. The highest BCUT2D eigenvalue weighted by atomic mass is 19.1. The zero-order valence-electron chi connectivity index (χ0n) is 14.7. The van der Waals surface area contributed by atoms with Gasteiger partial charge in [-0.05, 0) is 29.8 Å². The Morgan fingerprint density at radius 1 is 1.15 bits per heavy atom. The van der Waals surface area contributed by atoms with E-state index in [0.717, 1.165) is 11.1 Å². The van der Waals surface area contributed by atoms with Crippen LogP contribution in [0.15, 0.2) is 47.1 Å². The Morgan fingerprint density at radius 3 is 2.58 bits per heavy atom. The second-order valence-corrected chi connectivity index (χ2v) is 6.93. The highest BCUT2D eigenvalue weighted by Gasteiger charge is 2.16. The smallest absolute Gasteiger partial charge is 0.259 e. The second-order valence-electron chi connectivity index (χ2n) is 6.93. The lowest BCUT2D eigenvalue weighted by Crippen LogP contribution is -2.27. The molecular formula is C19H21FN4O2. The van der Waals surface area contributed by atoms with Crippen LogP contribution in [0, 0.1) is 11.2 Å². The number of anilines is 1. The minimum atomic E-state index is -0.273. The van der Waals surface area contributed by atoms with E-state index in [9.17, 15) is 9.50 Å². The van der Waals surface area contributed by atoms with Crippen molar-refractivity contribution >= 4 is 5.82 Å². The van der Waals surface area contributed by atoms with Crippen LogP contribution in [-0.2, 0) is 6.42 Å². The van der Waals surface area contributed by atoms with E-state index in [4.69, 9.17) is 4.52 Å². The standard InChI is InChI=1S/C19H21FN4O2/c1-19(2,12-25)11-22-16-8-5-14(10-21-16)18-23-17(24-26-18)9-13-3-6-15(20)7-4-13/h3-8,10,25H,9,11-12H2,1-2H3,(H,21,22). The van der Waals surface area contributed by atoms with Gasteiger partial charge in [0.2, 0.25) is 0 Å². The Balaban J connectivity index is 1.64. The molecule has 0 fully saturated rings. The van der Waals surface area contributed by atoms with Crippen LogP contribution in [0.25, 0.3) is 11.5 Å². The lowest BCUT2D eigenvalue weighted by atomic mass is 9.95. The number of aliphatic hydroxyl groups is 1. The molecule has 2 N–H and O–H groups in total. The van der Waals surface area contributed by atoms with E-state index in [1.807, 2.05) is 26.0 Å². The summed E-state index contributed by atoms with van der Waals surface area (Å²) in [5.41, 5.74) is 1.40. The number of nitrogens with one attached hydrogen (secondary N) is 1. The molecule has 0 amide bonds. The molecule has 2 aromatic heterocycles. The molecule has 0 unspecified atom stereocenters. The number of hydrogen-bond donors (Lipinski definition) is 2. The zero-order chi connectivity index (χ0) is 18.6. The fourth-order valence-corrected chi connectivity index (χ4v) is 2.24. The predicted octanol–water partition coefficient (Wildman–Crippen LogP) is 3.29. The van der Waals surface area contributed by atoms with E-state index in [0.29, 0.717) is 30.5 Å². The van der Waals surface area contributed by atoms with Crippen LogP contribution in [0.5, 0.6) is 0 Å². The largest absolute Gasteiger partial charge is 0.396 e. The molecule has 0 aliphatic heterocycles. The summed E-state index contributed by atoms with van der Waals surface area (Å²) in [6.07, 6.45) is 2.12. The SMILES string of the molecule is CC(C)(CO)CNc1ccc(-c2nc(Cc3ccc(F)cc3)no2)cn1. The molecule has 0 bridgehead atoms. The Kier molecular flexibility index (Phi) is 5.27. The number of aliphatic hydroxyl groups excluding tert-OH is 1. The van der Waals surface area contributed by atoms with Gasteiger partial charge in [-0.2, -0.15) is 4.98 Å². The maximum Gasteiger partial charge on any atom is 0.259 e. The van der Waals surface area contributed by atoms with E-state index in [1.165, 1.54) is 12.1 Å². The van der Waals surface area contributed by atoms with Crippen molar-refractivity contribution in [3.8, 4) is 11.5 Å². The Labute approximate surface area is 151 Å². The Bertz CT molecular complexity index is 845. The molecule has 0 saturated heterocycles. The number of pyridine rings is 1. The molecule has 0 aliphatic rings. The van der Waals surface area contributed by atoms with Gasteiger partial charge in [0.05, 0.1) is 5.56 Å². The summed E-state index contributed by atoms with van der Waals surface area (Å²) in [7, 11) is 0. The zero-order valence-corrected chi connectivity index (χ0v) is 14.7. The number of nitrogens with zero attached hydrogens (tertiary/aromatic N) is 3. The van der Waals surface area contributed by atoms with Crippen LogP contribution >= 0.6 is 0 Å². The molecule has 3 rings (SSSR count). The lowest BCUT2D eigenvalue weighted by molar-refractivity contribution is 0.170. The van der Waals surface area contributed by atoms with E-state index in [1.54, 1.807) is 18.3 Å². The normalized spacial score (nSPS) is 11.5. The summed E-state index contributed by atoms with van der Waals surface area (Å²) in [6.45, 7) is 4.64. The van der Waals surface area contributed by atoms with E-state index in [-0.39, 0.29) is 17.8 Å². The summed E-state index contributed by atoms with van der Waals surface area (Å²) in [5, 5.41) is 16.4. The third-order valence-electron chi connectivity index (χ3n) is 3.93. The maximum absolute atomic E-state index is 12.9. The number of halogens is 1. The van der Waals surface area contributed by atoms with Crippen LogP contribution in [-0.4, -0.2) is 33.4 Å². The van der Waals surface area contributed by atoms with Crippen molar-refractivity contribution in [2.45, 2.75) is 20.3 Å². The first-order chi connectivity index (χ1) is 12.4. The van der Waals surface area contributed by atoms with Gasteiger partial charge in [0.25, 0.3) is 5.89 Å². The van der Waals surface area contributed by atoms with E-state index in [2.05, 4.69) is 20.4 Å². The lowest BCUT2D eigenvalue weighted by Gasteiger charge is -2.22. The highest BCUT2D eigenvalue weighted by Crippen LogP contribution is 2.20. The minimum absolute atomic E-state index is 0.0941. The molecule has 0 spiro atoms. The van der Waals surface area contributed by atoms with Gasteiger partial charge in [-0.25, -0.2) is 9.37 Å². The van der Waals surface area contributed by atoms with Gasteiger partial charge in [0.1, 0.15) is 11.6 Å². The monoisotopic (exact) mass is 356 g/mol. The molecule has 7 heteroatoms. The molecule has 136 valence electrons. The van der Waals surface area contributed by atoms with Gasteiger partial charge in [-0.1, -0.05) is 31.1 Å². The maximum atomic E-state index is 12.9. The van der Waals surface area contributed by atoms with Crippen molar-refractivity contribution in [3.05, 3.63) is 59.8 Å². The van der Waals surface area contributed by atoms with Crippen LogP contribution < -0.4 is 5.32 Å². The van der Waals surface area contributed by atoms with Gasteiger partial charge in [0.15, 0.2) is 5.82 Å². The van der Waals surface area contributed by atoms with Gasteiger partial charge >= 0.3 is 0 Å². The number of hydrogen-bond acceptors (Lipinski definition) is 6. The predicted molar refractivity (Wildman–Crippen MR) is 96.1 cm³/mol. The number of rotatable bonds is 7. The number of aromatic nitrogens is 3. The third-order valence-corrected chi connectivity index (χ3v) is 3.93. The van der Waals surface area contributed by atoms with Crippen LogP contribution in [0.4, 0.5) is 10.2 Å². The average Bonchev–Trinajstić information content (AvgIpc) is 3.11. The molecule has 3 aromatic rings. The Morgan fingerprint density at radius 2 is 1.92 bits per heavy atom. The van der Waals surface area contributed by atoms with Crippen LogP contribution in [0.2, 0.25) is 0 Å². The average molecular weight is 356 g/mol. The number of benzene rings is 1. The van der Waals surface area contributed by atoms with Crippen molar-refractivity contribution in [2.75, 3.05) is 18.5 Å². The third kappa shape index (κ3) is 4.64. The van der Waals surface area contributed by atoms with Gasteiger partial charge in [-0.15, -0.1) is 0 Å². The van der Waals surface area contributed by atoms with Crippen molar-refractivity contribution in [2.24, 2.45) is 5.41 Å². The molecule has 2 heterocycles. The summed E-state index contributed by atoms with van der Waals surface area (Å²) in [4.78, 5) is 8.69. The van der Waals surface area contributed by atoms with Crippen LogP contribution in [0.1, 0.15) is 25.2 Å². The van der Waals surface area contributed by atoms with Gasteiger partial charge in [0, 0.05) is 31.2 Å². The van der Waals surface area contributed by atoms with Crippen LogP contribution in [0.3, 0.4) is 0 Å². The van der Waals surface area contributed by atoms with E-state index >= 15 is 0 Å². The quantitative estimate of drug-likeness (QED) is 0.676. The topological polar surface area (TPSA) is 84.1 Å². The summed E-state index contributed by atoms with van der Waals surface area (Å²) >= 11 is 0. The molecule has 26 heavy (non-hydrogen) atoms. The highest BCUT2D eigenvalue weighted by molar-refractivity contribution is 5.54. The first kappa shape index (κ1) is 18.0. The molecule has 1 aromatic carbocycles. The van der Waals surface area contributed by atoms with E-state index < -0.39 is 0 Å². The van der Waals surface area contributed by atoms with Crippen molar-refractivity contribution < 1.29 is 14.0 Å². The van der Waals surface area contributed by atoms with Crippen molar-refractivity contribution in [1.29, 1.82) is 0 Å². The van der Waals surface area contributed by atoms with Crippen molar-refractivity contribution in [3.63, 3.8) is 0 Å². The molecule has 0 saturated carbocycles. The van der Waals surface area contributed by atoms with Gasteiger partial charge < -0.3 is 14.9 Å². The molecular weight excluding hydrogens is 335 g/mol.